The molecule has 0 saturated heterocycles. The molecule has 0 saturated carbocycles. The number of methoxy groups -OCH3 is 1. The zero-order chi connectivity index (χ0) is 15.2. The van der Waals surface area contributed by atoms with Crippen LogP contribution in [0.3, 0.4) is 0 Å². The van der Waals surface area contributed by atoms with Crippen molar-refractivity contribution in [3.05, 3.63) is 47.5 Å². The van der Waals surface area contributed by atoms with Crippen molar-refractivity contribution >= 4 is 11.7 Å². The number of carbonyl (C=O) groups excluding carboxylic acids is 1. The first-order valence-corrected chi connectivity index (χ1v) is 6.56. The zero-order valence-electron chi connectivity index (χ0n) is 11.9. The Morgan fingerprint density at radius 1 is 1.33 bits per heavy atom. The van der Waals surface area contributed by atoms with Crippen molar-refractivity contribution in [1.82, 2.24) is 4.98 Å². The predicted octanol–water partition coefficient (Wildman–Crippen LogP) is 2.95. The summed E-state index contributed by atoms with van der Waals surface area (Å²) in [4.78, 5) is 14.2. The lowest BCUT2D eigenvalue weighted by Crippen LogP contribution is -2.04. The summed E-state index contributed by atoms with van der Waals surface area (Å²) in [5.74, 6) is -0.604. The number of H-pyrrole nitrogens is 1. The Hall–Kier alpha value is -2.50. The fourth-order valence-corrected chi connectivity index (χ4v) is 1.85. The van der Waals surface area contributed by atoms with Crippen LogP contribution < -0.4 is 10.1 Å². The van der Waals surface area contributed by atoms with Gasteiger partial charge in [0.1, 0.15) is 5.69 Å². The molecular weight excluding hydrogens is 275 g/mol. The van der Waals surface area contributed by atoms with Gasteiger partial charge >= 0.3 is 5.97 Å². The number of ether oxygens (including phenoxy) is 2. The number of carbonyl (C=O) groups is 1. The summed E-state index contributed by atoms with van der Waals surface area (Å²) in [5.41, 5.74) is 1.81. The lowest BCUT2D eigenvalue weighted by molar-refractivity contribution is 0.0594. The summed E-state index contributed by atoms with van der Waals surface area (Å²) in [6, 6.07) is 8.09. The van der Waals surface area contributed by atoms with E-state index in [9.17, 15) is 9.18 Å². The molecule has 0 spiro atoms. The van der Waals surface area contributed by atoms with Crippen molar-refractivity contribution in [1.29, 1.82) is 0 Å². The van der Waals surface area contributed by atoms with Gasteiger partial charge in [0.15, 0.2) is 11.6 Å². The number of esters is 1. The van der Waals surface area contributed by atoms with Crippen LogP contribution >= 0.6 is 0 Å². The monoisotopic (exact) mass is 292 g/mol. The number of hydrogen-bond donors (Lipinski definition) is 2. The standard InChI is InChI=1S/C15H17FN2O3/c1-3-21-14-7-5-10(8-12(14)16)17-9-11-4-6-13(18-11)15(19)20-2/h4-8,17-18H,3,9H2,1-2H3. The summed E-state index contributed by atoms with van der Waals surface area (Å²) in [6.07, 6.45) is 0. The van der Waals surface area contributed by atoms with Gasteiger partial charge in [-0.25, -0.2) is 9.18 Å². The van der Waals surface area contributed by atoms with Crippen LogP contribution in [0, 0.1) is 5.82 Å². The Morgan fingerprint density at radius 3 is 2.81 bits per heavy atom. The predicted molar refractivity (Wildman–Crippen MR) is 77.0 cm³/mol. The van der Waals surface area contributed by atoms with Crippen LogP contribution in [0.25, 0.3) is 0 Å². The number of nitrogens with one attached hydrogen (secondary N) is 2. The lowest BCUT2D eigenvalue weighted by Gasteiger charge is -2.08. The van der Waals surface area contributed by atoms with E-state index in [0.29, 0.717) is 24.5 Å². The number of benzene rings is 1. The highest BCUT2D eigenvalue weighted by Gasteiger charge is 2.08. The highest BCUT2D eigenvalue weighted by Crippen LogP contribution is 2.21. The number of anilines is 1. The fraction of sp³-hybridized carbons (Fsp3) is 0.267. The van der Waals surface area contributed by atoms with Gasteiger partial charge in [-0.15, -0.1) is 0 Å². The lowest BCUT2D eigenvalue weighted by atomic mass is 10.3. The molecule has 0 bridgehead atoms. The Bertz CT molecular complexity index is 625. The van der Waals surface area contributed by atoms with E-state index in [0.717, 1.165) is 5.69 Å². The molecule has 0 atom stereocenters. The summed E-state index contributed by atoms with van der Waals surface area (Å²) in [5, 5.41) is 3.06. The molecule has 0 amide bonds. The largest absolute Gasteiger partial charge is 0.491 e. The summed E-state index contributed by atoms with van der Waals surface area (Å²) < 4.78 is 23.4. The molecule has 0 unspecified atom stereocenters. The SMILES string of the molecule is CCOc1ccc(NCc2ccc(C(=O)OC)[nH]2)cc1F. The Morgan fingerprint density at radius 2 is 2.14 bits per heavy atom. The first kappa shape index (κ1) is 14.9. The maximum atomic E-state index is 13.7. The molecule has 6 heteroatoms. The van der Waals surface area contributed by atoms with Gasteiger partial charge in [0, 0.05) is 17.4 Å². The van der Waals surface area contributed by atoms with Gasteiger partial charge in [-0.05, 0) is 31.2 Å². The van der Waals surface area contributed by atoms with E-state index in [2.05, 4.69) is 15.0 Å². The van der Waals surface area contributed by atoms with E-state index < -0.39 is 11.8 Å². The molecule has 0 fully saturated rings. The molecule has 0 radical (unpaired) electrons. The highest BCUT2D eigenvalue weighted by atomic mass is 19.1. The number of hydrogen-bond acceptors (Lipinski definition) is 4. The summed E-state index contributed by atoms with van der Waals surface area (Å²) >= 11 is 0. The van der Waals surface area contributed by atoms with Gasteiger partial charge in [-0.1, -0.05) is 0 Å². The van der Waals surface area contributed by atoms with Gasteiger partial charge < -0.3 is 19.8 Å². The van der Waals surface area contributed by atoms with Crippen LogP contribution in [-0.4, -0.2) is 24.7 Å². The normalized spacial score (nSPS) is 10.2. The molecule has 0 aliphatic rings. The molecule has 0 aliphatic carbocycles. The molecule has 1 heterocycles. The van der Waals surface area contributed by atoms with Gasteiger partial charge in [-0.2, -0.15) is 0 Å². The summed E-state index contributed by atoms with van der Waals surface area (Å²) in [7, 11) is 1.32. The second-order valence-electron chi connectivity index (χ2n) is 4.32. The molecule has 2 rings (SSSR count). The maximum absolute atomic E-state index is 13.7. The van der Waals surface area contributed by atoms with E-state index in [1.807, 2.05) is 0 Å². The first-order valence-electron chi connectivity index (χ1n) is 6.56. The van der Waals surface area contributed by atoms with Crippen LogP contribution in [0.15, 0.2) is 30.3 Å². The zero-order valence-corrected chi connectivity index (χ0v) is 11.9. The number of rotatable bonds is 6. The van der Waals surface area contributed by atoms with Crippen LogP contribution in [-0.2, 0) is 11.3 Å². The van der Waals surface area contributed by atoms with Crippen LogP contribution in [0.2, 0.25) is 0 Å². The molecule has 0 aliphatic heterocycles. The van der Waals surface area contributed by atoms with E-state index in [1.165, 1.54) is 13.2 Å². The molecule has 2 aromatic rings. The van der Waals surface area contributed by atoms with Crippen molar-refractivity contribution in [3.63, 3.8) is 0 Å². The van der Waals surface area contributed by atoms with Gasteiger partial charge in [0.25, 0.3) is 0 Å². The number of aromatic nitrogens is 1. The van der Waals surface area contributed by atoms with Gasteiger partial charge in [0.2, 0.25) is 0 Å². The molecular formula is C15H17FN2O3. The minimum atomic E-state index is -0.423. The Balaban J connectivity index is 1.98. The Kier molecular flexibility index (Phi) is 4.81. The molecule has 1 aromatic carbocycles. The Labute approximate surface area is 122 Å². The minimum absolute atomic E-state index is 0.232. The average molecular weight is 292 g/mol. The molecule has 112 valence electrons. The van der Waals surface area contributed by atoms with Crippen molar-refractivity contribution < 1.29 is 18.7 Å². The third-order valence-electron chi connectivity index (χ3n) is 2.87. The van der Waals surface area contributed by atoms with Crippen molar-refractivity contribution in [3.8, 4) is 5.75 Å². The van der Waals surface area contributed by atoms with E-state index >= 15 is 0 Å². The molecule has 5 nitrogen and oxygen atoms in total. The van der Waals surface area contributed by atoms with E-state index in [-0.39, 0.29) is 5.75 Å². The van der Waals surface area contributed by atoms with Crippen LogP contribution in [0.5, 0.6) is 5.75 Å². The highest BCUT2D eigenvalue weighted by molar-refractivity contribution is 5.87. The van der Waals surface area contributed by atoms with Crippen molar-refractivity contribution in [2.45, 2.75) is 13.5 Å². The number of aromatic amines is 1. The molecule has 21 heavy (non-hydrogen) atoms. The van der Waals surface area contributed by atoms with Crippen molar-refractivity contribution in [2.24, 2.45) is 0 Å². The quantitative estimate of drug-likeness (QED) is 0.803. The average Bonchev–Trinajstić information content (AvgIpc) is 2.96. The smallest absolute Gasteiger partial charge is 0.354 e. The molecule has 2 N–H and O–H groups in total. The fourth-order valence-electron chi connectivity index (χ4n) is 1.85. The second-order valence-corrected chi connectivity index (χ2v) is 4.32. The first-order chi connectivity index (χ1) is 10.1. The van der Waals surface area contributed by atoms with Crippen molar-refractivity contribution in [2.75, 3.05) is 19.0 Å². The van der Waals surface area contributed by atoms with Crippen LogP contribution in [0.4, 0.5) is 10.1 Å². The third-order valence-corrected chi connectivity index (χ3v) is 2.87. The minimum Gasteiger partial charge on any atom is -0.491 e. The topological polar surface area (TPSA) is 63.4 Å². The molecule has 1 aromatic heterocycles. The summed E-state index contributed by atoms with van der Waals surface area (Å²) in [6.45, 7) is 2.66. The third kappa shape index (κ3) is 3.75. The van der Waals surface area contributed by atoms with Gasteiger partial charge in [-0.3, -0.25) is 0 Å². The van der Waals surface area contributed by atoms with E-state index in [4.69, 9.17) is 4.74 Å². The van der Waals surface area contributed by atoms with Gasteiger partial charge in [0.05, 0.1) is 20.3 Å². The maximum Gasteiger partial charge on any atom is 0.354 e. The van der Waals surface area contributed by atoms with E-state index in [1.54, 1.807) is 31.2 Å². The second kappa shape index (κ2) is 6.78. The number of halogens is 1. The van der Waals surface area contributed by atoms with Crippen LogP contribution in [0.1, 0.15) is 23.1 Å².